The van der Waals surface area contributed by atoms with Crippen LogP contribution in [0.4, 0.5) is 11.5 Å². The molecule has 98 valence electrons. The molecule has 0 saturated heterocycles. The number of hydrogen-bond donors (Lipinski definition) is 3. The summed E-state index contributed by atoms with van der Waals surface area (Å²) in [5, 5.41) is 3.01. The second kappa shape index (κ2) is 5.30. The molecular weight excluding hydrogens is 244 g/mol. The van der Waals surface area contributed by atoms with E-state index in [0.717, 1.165) is 5.69 Å². The van der Waals surface area contributed by atoms with Gasteiger partial charge in [-0.1, -0.05) is 0 Å². The summed E-state index contributed by atoms with van der Waals surface area (Å²) in [5.41, 5.74) is 12.3. The lowest BCUT2D eigenvalue weighted by molar-refractivity contribution is 0.100. The Hall–Kier alpha value is -2.70. The van der Waals surface area contributed by atoms with Crippen molar-refractivity contribution in [1.29, 1.82) is 0 Å². The summed E-state index contributed by atoms with van der Waals surface area (Å²) in [4.78, 5) is 23.6. The minimum atomic E-state index is -0.582. The minimum absolute atomic E-state index is 0.255. The maximum Gasteiger partial charge on any atom is 0.252 e. The monoisotopic (exact) mass is 258 g/mol. The highest BCUT2D eigenvalue weighted by molar-refractivity contribution is 5.98. The van der Waals surface area contributed by atoms with Crippen LogP contribution < -0.4 is 16.8 Å². The fraction of sp³-hybridized carbons (Fsp3) is 0.167. The summed E-state index contributed by atoms with van der Waals surface area (Å²) in [5.74, 6) is 0.485. The number of carbonyl (C=O) groups excluding carboxylic acids is 1. The van der Waals surface area contributed by atoms with Crippen LogP contribution in [0.5, 0.6) is 0 Å². The molecule has 2 rings (SSSR count). The van der Waals surface area contributed by atoms with Gasteiger partial charge in [0, 0.05) is 6.20 Å². The molecule has 0 fully saturated rings. The molecule has 0 aliphatic rings. The van der Waals surface area contributed by atoms with E-state index in [9.17, 15) is 4.79 Å². The fourth-order valence-corrected chi connectivity index (χ4v) is 1.59. The summed E-state index contributed by atoms with van der Waals surface area (Å²) in [6, 6.07) is 3.27. The predicted octanol–water partition coefficient (Wildman–Crippen LogP) is 0.473. The number of aryl methyl sites for hydroxylation is 1. The molecule has 0 saturated carbocycles. The number of primary amides is 1. The molecule has 0 unspecified atom stereocenters. The number of aromatic nitrogens is 3. The van der Waals surface area contributed by atoms with Crippen molar-refractivity contribution < 1.29 is 4.79 Å². The average molecular weight is 258 g/mol. The van der Waals surface area contributed by atoms with Gasteiger partial charge in [0.1, 0.15) is 11.6 Å². The molecule has 7 heteroatoms. The first-order valence-electron chi connectivity index (χ1n) is 5.64. The van der Waals surface area contributed by atoms with Crippen molar-refractivity contribution in [3.63, 3.8) is 0 Å². The fourth-order valence-electron chi connectivity index (χ4n) is 1.59. The van der Waals surface area contributed by atoms with Crippen molar-refractivity contribution in [1.82, 2.24) is 15.0 Å². The first-order valence-corrected chi connectivity index (χ1v) is 5.64. The smallest absolute Gasteiger partial charge is 0.252 e. The number of rotatable bonds is 4. The molecule has 0 bridgehead atoms. The van der Waals surface area contributed by atoms with Crippen LogP contribution in [0.25, 0.3) is 0 Å². The van der Waals surface area contributed by atoms with Crippen molar-refractivity contribution in [2.24, 2.45) is 5.73 Å². The van der Waals surface area contributed by atoms with Gasteiger partial charge in [0.25, 0.3) is 5.91 Å². The number of hydrogen-bond acceptors (Lipinski definition) is 6. The van der Waals surface area contributed by atoms with Gasteiger partial charge < -0.3 is 16.8 Å². The van der Waals surface area contributed by atoms with Crippen molar-refractivity contribution in [2.45, 2.75) is 13.5 Å². The summed E-state index contributed by atoms with van der Waals surface area (Å²) in [7, 11) is 0. The number of nitrogens with zero attached hydrogens (tertiary/aromatic N) is 3. The quantitative estimate of drug-likeness (QED) is 0.733. The van der Waals surface area contributed by atoms with E-state index < -0.39 is 5.91 Å². The largest absolute Gasteiger partial charge is 0.397 e. The molecule has 0 aliphatic carbocycles. The molecule has 0 aliphatic heterocycles. The first kappa shape index (κ1) is 12.7. The van der Waals surface area contributed by atoms with E-state index >= 15 is 0 Å². The molecule has 0 radical (unpaired) electrons. The molecule has 5 N–H and O–H groups in total. The lowest BCUT2D eigenvalue weighted by Crippen LogP contribution is -2.16. The third kappa shape index (κ3) is 3.15. The normalized spacial score (nSPS) is 10.2. The van der Waals surface area contributed by atoms with Crippen molar-refractivity contribution in [3.8, 4) is 0 Å². The standard InChI is InChI=1S/C12H14N6O/c1-7-15-3-2-9(18-7)6-17-12-10(11(14)19)4-8(13)5-16-12/h2-5H,6,13H2,1H3,(H2,14,19)(H,16,17). The molecular formula is C12H14N6O. The van der Waals surface area contributed by atoms with E-state index in [2.05, 4.69) is 20.3 Å². The second-order valence-electron chi connectivity index (χ2n) is 3.98. The zero-order chi connectivity index (χ0) is 13.8. The molecule has 1 amide bonds. The Morgan fingerprint density at radius 1 is 1.42 bits per heavy atom. The van der Waals surface area contributed by atoms with Gasteiger partial charge in [-0.05, 0) is 19.1 Å². The summed E-state index contributed by atoms with van der Waals surface area (Å²) < 4.78 is 0. The van der Waals surface area contributed by atoms with Crippen LogP contribution in [-0.2, 0) is 6.54 Å². The van der Waals surface area contributed by atoms with E-state index in [4.69, 9.17) is 11.5 Å². The zero-order valence-corrected chi connectivity index (χ0v) is 10.4. The molecule has 19 heavy (non-hydrogen) atoms. The number of anilines is 2. The Kier molecular flexibility index (Phi) is 3.56. The molecule has 0 spiro atoms. The predicted molar refractivity (Wildman–Crippen MR) is 71.3 cm³/mol. The highest BCUT2D eigenvalue weighted by atomic mass is 16.1. The molecule has 2 heterocycles. The number of nitrogens with one attached hydrogen (secondary N) is 1. The van der Waals surface area contributed by atoms with Crippen molar-refractivity contribution >= 4 is 17.4 Å². The van der Waals surface area contributed by atoms with Gasteiger partial charge in [-0.2, -0.15) is 0 Å². The van der Waals surface area contributed by atoms with Crippen LogP contribution >= 0.6 is 0 Å². The van der Waals surface area contributed by atoms with Crippen LogP contribution in [0.1, 0.15) is 21.9 Å². The van der Waals surface area contributed by atoms with Crippen LogP contribution in [0.15, 0.2) is 24.5 Å². The van der Waals surface area contributed by atoms with Gasteiger partial charge in [-0.25, -0.2) is 15.0 Å². The van der Waals surface area contributed by atoms with E-state index in [1.165, 1.54) is 12.3 Å². The first-order chi connectivity index (χ1) is 9.06. The third-order valence-corrected chi connectivity index (χ3v) is 2.44. The van der Waals surface area contributed by atoms with Crippen LogP contribution in [0.2, 0.25) is 0 Å². The summed E-state index contributed by atoms with van der Waals surface area (Å²) in [6.07, 6.45) is 3.13. The minimum Gasteiger partial charge on any atom is -0.397 e. The lowest BCUT2D eigenvalue weighted by atomic mass is 10.2. The van der Waals surface area contributed by atoms with E-state index in [1.54, 1.807) is 19.2 Å². The van der Waals surface area contributed by atoms with E-state index in [1.807, 2.05) is 0 Å². The van der Waals surface area contributed by atoms with Crippen LogP contribution in [0, 0.1) is 6.92 Å². The molecule has 7 nitrogen and oxygen atoms in total. The maximum atomic E-state index is 11.3. The van der Waals surface area contributed by atoms with Gasteiger partial charge in [0.05, 0.1) is 29.7 Å². The Morgan fingerprint density at radius 2 is 2.21 bits per heavy atom. The summed E-state index contributed by atoms with van der Waals surface area (Å²) >= 11 is 0. The van der Waals surface area contributed by atoms with Gasteiger partial charge >= 0.3 is 0 Å². The number of nitrogens with two attached hydrogens (primary N) is 2. The van der Waals surface area contributed by atoms with Gasteiger partial charge in [0.15, 0.2) is 0 Å². The lowest BCUT2D eigenvalue weighted by Gasteiger charge is -2.09. The average Bonchev–Trinajstić information content (AvgIpc) is 2.37. The van der Waals surface area contributed by atoms with Gasteiger partial charge in [-0.15, -0.1) is 0 Å². The van der Waals surface area contributed by atoms with Gasteiger partial charge in [0.2, 0.25) is 0 Å². The Morgan fingerprint density at radius 3 is 2.89 bits per heavy atom. The number of carbonyl (C=O) groups is 1. The number of nitrogen functional groups attached to an aromatic ring is 1. The third-order valence-electron chi connectivity index (χ3n) is 2.44. The Balaban J connectivity index is 2.17. The van der Waals surface area contributed by atoms with E-state index in [0.29, 0.717) is 23.9 Å². The number of amides is 1. The second-order valence-corrected chi connectivity index (χ2v) is 3.98. The molecule has 0 aromatic carbocycles. The highest BCUT2D eigenvalue weighted by Gasteiger charge is 2.10. The topological polar surface area (TPSA) is 120 Å². The van der Waals surface area contributed by atoms with Crippen LogP contribution in [0.3, 0.4) is 0 Å². The zero-order valence-electron chi connectivity index (χ0n) is 10.4. The summed E-state index contributed by atoms with van der Waals surface area (Å²) in [6.45, 7) is 2.22. The van der Waals surface area contributed by atoms with Crippen LogP contribution in [-0.4, -0.2) is 20.9 Å². The Labute approximate surface area is 110 Å². The highest BCUT2D eigenvalue weighted by Crippen LogP contribution is 2.15. The molecule has 2 aromatic heterocycles. The van der Waals surface area contributed by atoms with Crippen molar-refractivity contribution in [3.05, 3.63) is 41.6 Å². The van der Waals surface area contributed by atoms with Gasteiger partial charge in [-0.3, -0.25) is 4.79 Å². The molecule has 0 atom stereocenters. The SMILES string of the molecule is Cc1nccc(CNc2ncc(N)cc2C(N)=O)n1. The van der Waals surface area contributed by atoms with Crippen molar-refractivity contribution in [2.75, 3.05) is 11.1 Å². The number of pyridine rings is 1. The van der Waals surface area contributed by atoms with E-state index in [-0.39, 0.29) is 5.56 Å². The Bertz CT molecular complexity index is 613. The maximum absolute atomic E-state index is 11.3. The molecule has 2 aromatic rings.